The molecule has 0 fully saturated rings. The Balaban J connectivity index is 2.20. The van der Waals surface area contributed by atoms with Gasteiger partial charge in [-0.2, -0.15) is 0 Å². The number of hydrogen-bond donors (Lipinski definition) is 2. The summed E-state index contributed by atoms with van der Waals surface area (Å²) in [6, 6.07) is 6.03. The van der Waals surface area contributed by atoms with Gasteiger partial charge in [-0.25, -0.2) is 4.98 Å². The highest BCUT2D eigenvalue weighted by atomic mass is 16.5. The molecule has 0 radical (unpaired) electrons. The summed E-state index contributed by atoms with van der Waals surface area (Å²) in [6.45, 7) is 4.94. The zero-order chi connectivity index (χ0) is 13.1. The highest BCUT2D eigenvalue weighted by Crippen LogP contribution is 2.09. The molecule has 2 N–H and O–H groups in total. The molecule has 0 aliphatic carbocycles. The zero-order valence-corrected chi connectivity index (χ0v) is 11.5. The highest BCUT2D eigenvalue weighted by Gasteiger charge is 1.96. The summed E-state index contributed by atoms with van der Waals surface area (Å²) in [5.41, 5.74) is 0. The van der Waals surface area contributed by atoms with Crippen LogP contribution in [0.2, 0.25) is 0 Å². The zero-order valence-electron chi connectivity index (χ0n) is 11.5. The Morgan fingerprint density at radius 3 is 2.44 bits per heavy atom. The average Bonchev–Trinajstić information content (AvgIpc) is 2.41. The second-order valence-electron chi connectivity index (χ2n) is 4.32. The molecular weight excluding hydrogens is 226 g/mol. The second kappa shape index (κ2) is 9.71. The summed E-state index contributed by atoms with van der Waals surface area (Å²) in [6.07, 6.45) is 4.58. The van der Waals surface area contributed by atoms with E-state index in [2.05, 4.69) is 22.5 Å². The molecule has 4 heteroatoms. The lowest BCUT2D eigenvalue weighted by molar-refractivity contribution is 0.192. The third-order valence-electron chi connectivity index (χ3n) is 2.64. The van der Waals surface area contributed by atoms with Crippen LogP contribution in [0.3, 0.4) is 0 Å². The number of aromatic nitrogens is 1. The van der Waals surface area contributed by atoms with Gasteiger partial charge in [-0.05, 0) is 37.8 Å². The van der Waals surface area contributed by atoms with E-state index < -0.39 is 0 Å². The van der Waals surface area contributed by atoms with Crippen molar-refractivity contribution in [2.24, 2.45) is 0 Å². The molecule has 1 rings (SSSR count). The van der Waals surface area contributed by atoms with Gasteiger partial charge in [-0.1, -0.05) is 13.0 Å². The van der Waals surface area contributed by atoms with Gasteiger partial charge in [0, 0.05) is 26.8 Å². The maximum atomic E-state index is 5.02. The van der Waals surface area contributed by atoms with Crippen molar-refractivity contribution in [3.8, 4) is 0 Å². The van der Waals surface area contributed by atoms with Crippen molar-refractivity contribution in [2.45, 2.75) is 32.6 Å². The predicted molar refractivity (Wildman–Crippen MR) is 77.2 cm³/mol. The quantitative estimate of drug-likeness (QED) is 0.627. The lowest BCUT2D eigenvalue weighted by Crippen LogP contribution is -2.06. The van der Waals surface area contributed by atoms with Crippen LogP contribution in [0, 0.1) is 0 Å². The van der Waals surface area contributed by atoms with Gasteiger partial charge < -0.3 is 15.4 Å². The van der Waals surface area contributed by atoms with Gasteiger partial charge in [0.05, 0.1) is 0 Å². The molecule has 0 saturated carbocycles. The third kappa shape index (κ3) is 6.45. The van der Waals surface area contributed by atoms with Gasteiger partial charge in [-0.15, -0.1) is 0 Å². The van der Waals surface area contributed by atoms with Crippen molar-refractivity contribution >= 4 is 11.6 Å². The Hall–Kier alpha value is -1.29. The third-order valence-corrected chi connectivity index (χ3v) is 2.64. The standard InChI is InChI=1S/C14H25N3O/c1-3-10-15-13-8-7-9-14(17-13)16-11-5-4-6-12-18-2/h7-9H,3-6,10-12H2,1-2H3,(H2,15,16,17). The van der Waals surface area contributed by atoms with E-state index >= 15 is 0 Å². The lowest BCUT2D eigenvalue weighted by atomic mass is 10.2. The van der Waals surface area contributed by atoms with Crippen LogP contribution in [0.4, 0.5) is 11.6 Å². The number of unbranched alkanes of at least 4 members (excludes halogenated alkanes) is 2. The summed E-state index contributed by atoms with van der Waals surface area (Å²) >= 11 is 0. The fraction of sp³-hybridized carbons (Fsp3) is 0.643. The number of nitrogens with zero attached hydrogens (tertiary/aromatic N) is 1. The van der Waals surface area contributed by atoms with Crippen LogP contribution in [-0.2, 0) is 4.74 Å². The number of ether oxygens (including phenoxy) is 1. The fourth-order valence-corrected chi connectivity index (χ4v) is 1.65. The Labute approximate surface area is 110 Å². The summed E-state index contributed by atoms with van der Waals surface area (Å²) in [7, 11) is 1.75. The van der Waals surface area contributed by atoms with E-state index in [1.165, 1.54) is 6.42 Å². The molecule has 102 valence electrons. The molecule has 0 amide bonds. The molecule has 4 nitrogen and oxygen atoms in total. The van der Waals surface area contributed by atoms with Gasteiger partial charge in [0.2, 0.25) is 0 Å². The number of anilines is 2. The fourth-order valence-electron chi connectivity index (χ4n) is 1.65. The molecule has 18 heavy (non-hydrogen) atoms. The number of nitrogens with one attached hydrogen (secondary N) is 2. The molecule has 0 aromatic carbocycles. The summed E-state index contributed by atoms with van der Waals surface area (Å²) in [5, 5.41) is 6.63. The molecule has 0 unspecified atom stereocenters. The number of hydrogen-bond acceptors (Lipinski definition) is 4. The number of methoxy groups -OCH3 is 1. The van der Waals surface area contributed by atoms with E-state index in [0.29, 0.717) is 0 Å². The van der Waals surface area contributed by atoms with E-state index in [-0.39, 0.29) is 0 Å². The minimum Gasteiger partial charge on any atom is -0.385 e. The Bertz CT molecular complexity index is 318. The van der Waals surface area contributed by atoms with Crippen molar-refractivity contribution in [1.29, 1.82) is 0 Å². The minimum atomic E-state index is 0.856. The smallest absolute Gasteiger partial charge is 0.128 e. The van der Waals surface area contributed by atoms with E-state index in [1.54, 1.807) is 7.11 Å². The van der Waals surface area contributed by atoms with Crippen LogP contribution in [-0.4, -0.2) is 31.8 Å². The van der Waals surface area contributed by atoms with Crippen LogP contribution < -0.4 is 10.6 Å². The van der Waals surface area contributed by atoms with Crippen LogP contribution in [0.1, 0.15) is 32.6 Å². The molecule has 0 bridgehead atoms. The molecule has 0 aliphatic heterocycles. The second-order valence-corrected chi connectivity index (χ2v) is 4.32. The molecule has 0 spiro atoms. The van der Waals surface area contributed by atoms with Crippen LogP contribution in [0.5, 0.6) is 0 Å². The minimum absolute atomic E-state index is 0.856. The first-order chi connectivity index (χ1) is 8.86. The van der Waals surface area contributed by atoms with Crippen LogP contribution in [0.25, 0.3) is 0 Å². The lowest BCUT2D eigenvalue weighted by Gasteiger charge is -2.08. The summed E-state index contributed by atoms with van der Waals surface area (Å²) < 4.78 is 5.02. The predicted octanol–water partition coefficient (Wildman–Crippen LogP) is 3.13. The summed E-state index contributed by atoms with van der Waals surface area (Å²) in [4.78, 5) is 4.50. The van der Waals surface area contributed by atoms with Crippen molar-refractivity contribution in [3.05, 3.63) is 18.2 Å². The van der Waals surface area contributed by atoms with Crippen molar-refractivity contribution < 1.29 is 4.74 Å². The average molecular weight is 251 g/mol. The molecule has 0 saturated heterocycles. The Morgan fingerprint density at radius 2 is 1.78 bits per heavy atom. The first kappa shape index (κ1) is 14.8. The topological polar surface area (TPSA) is 46.2 Å². The highest BCUT2D eigenvalue weighted by molar-refractivity contribution is 5.44. The molecule has 1 aromatic heterocycles. The van der Waals surface area contributed by atoms with Crippen LogP contribution >= 0.6 is 0 Å². The summed E-state index contributed by atoms with van der Waals surface area (Å²) in [5.74, 6) is 1.89. The first-order valence-corrected chi connectivity index (χ1v) is 6.80. The first-order valence-electron chi connectivity index (χ1n) is 6.80. The normalized spacial score (nSPS) is 10.3. The largest absolute Gasteiger partial charge is 0.385 e. The molecular formula is C14H25N3O. The Morgan fingerprint density at radius 1 is 1.06 bits per heavy atom. The Kier molecular flexibility index (Phi) is 7.97. The van der Waals surface area contributed by atoms with E-state index in [4.69, 9.17) is 4.74 Å². The van der Waals surface area contributed by atoms with Crippen LogP contribution in [0.15, 0.2) is 18.2 Å². The SMILES string of the molecule is CCCNc1cccc(NCCCCCOC)n1. The molecule has 0 aliphatic rings. The van der Waals surface area contributed by atoms with Gasteiger partial charge in [0.25, 0.3) is 0 Å². The maximum Gasteiger partial charge on any atom is 0.128 e. The van der Waals surface area contributed by atoms with Gasteiger partial charge in [0.1, 0.15) is 11.6 Å². The number of rotatable bonds is 10. The molecule has 1 heterocycles. The van der Waals surface area contributed by atoms with E-state index in [1.807, 2.05) is 18.2 Å². The monoisotopic (exact) mass is 251 g/mol. The number of pyridine rings is 1. The molecule has 1 aromatic rings. The van der Waals surface area contributed by atoms with Gasteiger partial charge in [0.15, 0.2) is 0 Å². The van der Waals surface area contributed by atoms with E-state index in [9.17, 15) is 0 Å². The van der Waals surface area contributed by atoms with Gasteiger partial charge >= 0.3 is 0 Å². The molecule has 0 atom stereocenters. The van der Waals surface area contributed by atoms with E-state index in [0.717, 1.165) is 50.6 Å². The van der Waals surface area contributed by atoms with Crippen molar-refractivity contribution in [1.82, 2.24) is 4.98 Å². The van der Waals surface area contributed by atoms with Crippen molar-refractivity contribution in [3.63, 3.8) is 0 Å². The van der Waals surface area contributed by atoms with Gasteiger partial charge in [-0.3, -0.25) is 0 Å². The van der Waals surface area contributed by atoms with Crippen molar-refractivity contribution in [2.75, 3.05) is 37.4 Å². The maximum absolute atomic E-state index is 5.02.